The van der Waals surface area contributed by atoms with Gasteiger partial charge in [0.15, 0.2) is 0 Å². The Labute approximate surface area is 88.8 Å². The van der Waals surface area contributed by atoms with Gasteiger partial charge in [0.1, 0.15) is 0 Å². The van der Waals surface area contributed by atoms with Crippen LogP contribution in [0.1, 0.15) is 41.0 Å². The highest BCUT2D eigenvalue weighted by molar-refractivity contribution is 5.08. The lowest BCUT2D eigenvalue weighted by molar-refractivity contribution is -0.0968. The molecule has 0 aromatic rings. The van der Waals surface area contributed by atoms with Crippen molar-refractivity contribution in [2.24, 2.45) is 17.6 Å². The van der Waals surface area contributed by atoms with Crippen LogP contribution >= 0.6 is 0 Å². The van der Waals surface area contributed by atoms with E-state index >= 15 is 0 Å². The number of nitrogens with zero attached hydrogens (tertiary/aromatic N) is 1. The normalized spacial score (nSPS) is 38.6. The molecule has 0 heterocycles. The summed E-state index contributed by atoms with van der Waals surface area (Å²) in [5.74, 6) is 1.54. The van der Waals surface area contributed by atoms with Crippen LogP contribution in [0.5, 0.6) is 0 Å². The van der Waals surface area contributed by atoms with E-state index in [9.17, 15) is 0 Å². The van der Waals surface area contributed by atoms with Gasteiger partial charge in [-0.1, -0.05) is 13.8 Å². The zero-order valence-corrected chi connectivity index (χ0v) is 10.6. The Balaban J connectivity index is 2.83. The second-order valence-electron chi connectivity index (χ2n) is 6.01. The first kappa shape index (κ1) is 12.0. The third-order valence-electron chi connectivity index (χ3n) is 4.40. The number of rotatable bonds is 2. The standard InChI is InChI=1S/C12H26N2/c1-9-7-12(8-13,10(9)2)14(6)11(3,4)5/h9-10H,7-8,13H2,1-6H3. The molecule has 1 aliphatic rings. The summed E-state index contributed by atoms with van der Waals surface area (Å²) in [4.78, 5) is 2.48. The minimum Gasteiger partial charge on any atom is -0.329 e. The van der Waals surface area contributed by atoms with Crippen molar-refractivity contribution in [2.45, 2.75) is 52.1 Å². The van der Waals surface area contributed by atoms with Crippen molar-refractivity contribution < 1.29 is 0 Å². The molecule has 2 N–H and O–H groups in total. The van der Waals surface area contributed by atoms with Crippen LogP contribution in [-0.2, 0) is 0 Å². The van der Waals surface area contributed by atoms with E-state index in [2.05, 4.69) is 46.6 Å². The van der Waals surface area contributed by atoms with Gasteiger partial charge in [-0.15, -0.1) is 0 Å². The molecule has 3 unspecified atom stereocenters. The molecule has 1 rings (SSSR count). The molecule has 0 radical (unpaired) electrons. The number of hydrogen-bond donors (Lipinski definition) is 1. The van der Waals surface area contributed by atoms with Gasteiger partial charge in [-0.2, -0.15) is 0 Å². The van der Waals surface area contributed by atoms with Crippen molar-refractivity contribution in [3.05, 3.63) is 0 Å². The van der Waals surface area contributed by atoms with Crippen LogP contribution in [0.2, 0.25) is 0 Å². The molecular formula is C12H26N2. The third-order valence-corrected chi connectivity index (χ3v) is 4.40. The molecule has 84 valence electrons. The second kappa shape index (κ2) is 3.49. The van der Waals surface area contributed by atoms with Crippen molar-refractivity contribution in [3.8, 4) is 0 Å². The maximum Gasteiger partial charge on any atom is 0.0364 e. The molecule has 3 atom stereocenters. The Morgan fingerprint density at radius 2 is 1.86 bits per heavy atom. The molecule has 1 saturated carbocycles. The van der Waals surface area contributed by atoms with Gasteiger partial charge in [-0.25, -0.2) is 0 Å². The van der Waals surface area contributed by atoms with Crippen molar-refractivity contribution in [2.75, 3.05) is 13.6 Å². The third kappa shape index (κ3) is 1.59. The fourth-order valence-corrected chi connectivity index (χ4v) is 2.81. The molecule has 2 heteroatoms. The number of likely N-dealkylation sites (N-methyl/N-ethyl adjacent to an activating group) is 1. The minimum atomic E-state index is 0.216. The molecule has 0 saturated heterocycles. The van der Waals surface area contributed by atoms with Gasteiger partial charge < -0.3 is 5.73 Å². The summed E-state index contributed by atoms with van der Waals surface area (Å²) in [6.07, 6.45) is 1.25. The average molecular weight is 198 g/mol. The topological polar surface area (TPSA) is 29.3 Å². The van der Waals surface area contributed by atoms with E-state index in [0.717, 1.165) is 18.4 Å². The summed E-state index contributed by atoms with van der Waals surface area (Å²) in [7, 11) is 2.22. The molecule has 0 spiro atoms. The predicted molar refractivity (Wildman–Crippen MR) is 62.2 cm³/mol. The number of hydrogen-bond acceptors (Lipinski definition) is 2. The van der Waals surface area contributed by atoms with E-state index in [0.29, 0.717) is 0 Å². The van der Waals surface area contributed by atoms with Crippen LogP contribution in [0.15, 0.2) is 0 Å². The van der Waals surface area contributed by atoms with Crippen LogP contribution in [0.3, 0.4) is 0 Å². The molecule has 14 heavy (non-hydrogen) atoms. The molecule has 1 aliphatic carbocycles. The quantitative estimate of drug-likeness (QED) is 0.736. The molecule has 0 bridgehead atoms. The summed E-state index contributed by atoms with van der Waals surface area (Å²) in [5, 5.41) is 0. The first-order valence-electron chi connectivity index (χ1n) is 5.69. The van der Waals surface area contributed by atoms with E-state index in [1.807, 2.05) is 0 Å². The van der Waals surface area contributed by atoms with Crippen molar-refractivity contribution in [3.63, 3.8) is 0 Å². The Morgan fingerprint density at radius 1 is 1.36 bits per heavy atom. The Kier molecular flexibility index (Phi) is 2.99. The lowest BCUT2D eigenvalue weighted by Crippen LogP contribution is -2.69. The van der Waals surface area contributed by atoms with Crippen molar-refractivity contribution in [1.29, 1.82) is 0 Å². The van der Waals surface area contributed by atoms with E-state index in [1.54, 1.807) is 0 Å². The molecule has 0 aliphatic heterocycles. The van der Waals surface area contributed by atoms with Crippen LogP contribution in [-0.4, -0.2) is 29.6 Å². The first-order chi connectivity index (χ1) is 6.25. The minimum absolute atomic E-state index is 0.216. The molecule has 0 aromatic heterocycles. The summed E-state index contributed by atoms with van der Waals surface area (Å²) in [6.45, 7) is 12.2. The SMILES string of the molecule is CC1CC(CN)(N(C)C(C)(C)C)C1C. The van der Waals surface area contributed by atoms with Crippen molar-refractivity contribution in [1.82, 2.24) is 4.90 Å². The lowest BCUT2D eigenvalue weighted by atomic mass is 9.59. The van der Waals surface area contributed by atoms with Gasteiger partial charge in [0, 0.05) is 17.6 Å². The second-order valence-corrected chi connectivity index (χ2v) is 6.01. The van der Waals surface area contributed by atoms with Gasteiger partial charge in [-0.3, -0.25) is 4.90 Å². The summed E-state index contributed by atoms with van der Waals surface area (Å²) in [5.41, 5.74) is 6.44. The zero-order chi connectivity index (χ0) is 11.1. The Hall–Kier alpha value is -0.0800. The van der Waals surface area contributed by atoms with E-state index < -0.39 is 0 Å². The Morgan fingerprint density at radius 3 is 2.07 bits per heavy atom. The molecule has 0 aromatic carbocycles. The highest BCUT2D eigenvalue weighted by Crippen LogP contribution is 2.48. The molecule has 1 fully saturated rings. The van der Waals surface area contributed by atoms with Crippen LogP contribution < -0.4 is 5.73 Å². The van der Waals surface area contributed by atoms with Gasteiger partial charge in [0.25, 0.3) is 0 Å². The lowest BCUT2D eigenvalue weighted by Gasteiger charge is -2.61. The van der Waals surface area contributed by atoms with Gasteiger partial charge in [-0.05, 0) is 46.1 Å². The van der Waals surface area contributed by atoms with Gasteiger partial charge in [0.05, 0.1) is 0 Å². The van der Waals surface area contributed by atoms with E-state index in [-0.39, 0.29) is 11.1 Å². The zero-order valence-electron chi connectivity index (χ0n) is 10.6. The highest BCUT2D eigenvalue weighted by atomic mass is 15.3. The smallest absolute Gasteiger partial charge is 0.0364 e. The van der Waals surface area contributed by atoms with Crippen LogP contribution in [0.25, 0.3) is 0 Å². The van der Waals surface area contributed by atoms with Crippen LogP contribution in [0, 0.1) is 11.8 Å². The maximum atomic E-state index is 5.98. The van der Waals surface area contributed by atoms with E-state index in [4.69, 9.17) is 5.73 Å². The fourth-order valence-electron chi connectivity index (χ4n) is 2.81. The predicted octanol–water partition coefficient (Wildman–Crippen LogP) is 2.09. The maximum absolute atomic E-state index is 5.98. The monoisotopic (exact) mass is 198 g/mol. The first-order valence-corrected chi connectivity index (χ1v) is 5.69. The summed E-state index contributed by atoms with van der Waals surface area (Å²) < 4.78 is 0. The summed E-state index contributed by atoms with van der Waals surface area (Å²) >= 11 is 0. The summed E-state index contributed by atoms with van der Waals surface area (Å²) in [6, 6.07) is 0. The van der Waals surface area contributed by atoms with E-state index in [1.165, 1.54) is 6.42 Å². The van der Waals surface area contributed by atoms with Crippen LogP contribution in [0.4, 0.5) is 0 Å². The molecule has 2 nitrogen and oxygen atoms in total. The van der Waals surface area contributed by atoms with Gasteiger partial charge >= 0.3 is 0 Å². The highest BCUT2D eigenvalue weighted by Gasteiger charge is 2.52. The average Bonchev–Trinajstić information content (AvgIpc) is 2.10. The van der Waals surface area contributed by atoms with Crippen molar-refractivity contribution >= 4 is 0 Å². The number of nitrogens with two attached hydrogens (primary N) is 1. The Bertz CT molecular complexity index is 207. The molecule has 0 amide bonds. The molecular weight excluding hydrogens is 172 g/mol. The van der Waals surface area contributed by atoms with Gasteiger partial charge in [0.2, 0.25) is 0 Å². The largest absolute Gasteiger partial charge is 0.329 e. The fraction of sp³-hybridized carbons (Fsp3) is 1.00.